The Kier molecular flexibility index (Phi) is 24.9. The number of fused-ring (bicyclic) bond motifs is 11. The van der Waals surface area contributed by atoms with Gasteiger partial charge in [0.15, 0.2) is 17.1 Å². The molecule has 0 bridgehead atoms. The number of rotatable bonds is 12. The minimum Gasteiger partial charge on any atom is -0.454 e. The maximum atomic E-state index is 7.32. The molecule has 0 amide bonds. The van der Waals surface area contributed by atoms with Crippen molar-refractivity contribution >= 4 is 33.7 Å². The summed E-state index contributed by atoms with van der Waals surface area (Å²) in [7, 11) is 0. The van der Waals surface area contributed by atoms with Crippen LogP contribution in [-0.2, 0) is 77.0 Å². The van der Waals surface area contributed by atoms with Crippen LogP contribution in [0.5, 0.6) is 11.5 Å². The predicted molar refractivity (Wildman–Crippen MR) is 572 cm³/mol. The Balaban J connectivity index is 0.0000000931. The standard InChI is InChI=1S/C23H18N2.C22H16N4.C21H17N3.C21H17NO2.C20H16N4.C19H16N2/c1-2-9-22-20(7-1)19(12-14-24-22)21-8-4-13-25-23(21)18-11-10-16-5-3-6-17(16)15-18;1-23-21-13-25-20-10-9-18(14-26(20)21)19-6-3-11-24-22(19)17-8-7-15-4-2-5-16(15)12-17;1-3-15-6-7-17(13-16(15)4-1)21-19(5-2-10-23-21)18-8-9-20-22-11-12-24(20)14-18;1-3-14-6-7-17(11-15(14)4-1)21-18(5-2-10-22-21)16-8-9-19-20(12-16)24-13-23-19;1-3-14-6-7-16(11-15(14)4-1)20-18(5-2-10-21-20)17-8-9-19-22-13-23-24(19)12-17;1-3-14-6-7-17(13-16(14)4-1)19-18(5-2-10-21-19)15-8-11-20-12-9-15/h1-2,4,7-15H,3,5-6H2;3,6-14H,2,4-5H2;2,5-14H,1,3-4H2;2,5-12H,1,3-4,13H2;2,5-13H,1,3-4H2;2,5-13H,1,3-4H2. The third kappa shape index (κ3) is 18.4. The fourth-order valence-corrected chi connectivity index (χ4v) is 21.7. The van der Waals surface area contributed by atoms with E-state index in [4.69, 9.17) is 26.0 Å². The molecule has 0 spiro atoms. The van der Waals surface area contributed by atoms with Crippen molar-refractivity contribution in [2.45, 2.75) is 116 Å². The van der Waals surface area contributed by atoms with Crippen LogP contribution in [0.3, 0.4) is 0 Å². The van der Waals surface area contributed by atoms with E-state index in [1.807, 2.05) is 170 Å². The number of ether oxygens (including phenoxy) is 2. The van der Waals surface area contributed by atoms with Gasteiger partial charge in [0, 0.05) is 175 Å². The molecular weight excluding hydrogens is 1770 g/mol. The third-order valence-corrected chi connectivity index (χ3v) is 28.9. The van der Waals surface area contributed by atoms with Gasteiger partial charge >= 0.3 is 0 Å². The molecule has 0 atom stereocenters. The largest absolute Gasteiger partial charge is 0.454 e. The van der Waals surface area contributed by atoms with Crippen LogP contribution in [0.15, 0.2) is 378 Å². The Morgan fingerprint density at radius 1 is 0.257 bits per heavy atom. The summed E-state index contributed by atoms with van der Waals surface area (Å²) in [6.07, 6.45) is 51.7. The number of para-hydroxylation sites is 1. The lowest BCUT2D eigenvalue weighted by molar-refractivity contribution is 0.174. The van der Waals surface area contributed by atoms with Crippen molar-refractivity contribution in [2.75, 3.05) is 6.79 Å². The molecule has 8 aromatic carbocycles. The first-order chi connectivity index (χ1) is 71.3. The van der Waals surface area contributed by atoms with Crippen LogP contribution < -0.4 is 9.47 Å². The first kappa shape index (κ1) is 89.0. The molecule has 1 aliphatic heterocycles. The predicted octanol–water partition coefficient (Wildman–Crippen LogP) is 28.0. The zero-order chi connectivity index (χ0) is 96.0. The van der Waals surface area contributed by atoms with Crippen molar-refractivity contribution in [3.8, 4) is 146 Å². The zero-order valence-corrected chi connectivity index (χ0v) is 79.7. The number of aromatic nitrogens is 15. The summed E-state index contributed by atoms with van der Waals surface area (Å²) in [5.74, 6) is 2.13. The number of aryl methyl sites for hydroxylation is 12. The molecule has 18 heteroatoms. The van der Waals surface area contributed by atoms with E-state index < -0.39 is 0 Å². The zero-order valence-electron chi connectivity index (χ0n) is 79.7. The van der Waals surface area contributed by atoms with Gasteiger partial charge in [-0.2, -0.15) is 5.10 Å². The second-order valence-corrected chi connectivity index (χ2v) is 37.6. The number of pyridine rings is 11. The summed E-state index contributed by atoms with van der Waals surface area (Å²) in [4.78, 5) is 53.0. The van der Waals surface area contributed by atoms with Crippen molar-refractivity contribution in [1.29, 1.82) is 0 Å². The fraction of sp³-hybridized carbons (Fsp3) is 0.151. The van der Waals surface area contributed by atoms with E-state index in [1.54, 1.807) is 17.0 Å². The van der Waals surface area contributed by atoms with E-state index in [0.29, 0.717) is 12.6 Å². The van der Waals surface area contributed by atoms with Crippen molar-refractivity contribution in [3.63, 3.8) is 0 Å². The molecule has 0 N–H and O–H groups in total. The van der Waals surface area contributed by atoms with Gasteiger partial charge in [-0.3, -0.25) is 39.9 Å². The summed E-state index contributed by atoms with van der Waals surface area (Å²) in [5.41, 5.74) is 48.2. The molecule has 18 nitrogen and oxygen atoms in total. The van der Waals surface area contributed by atoms with E-state index >= 15 is 0 Å². The van der Waals surface area contributed by atoms with Gasteiger partial charge in [0.05, 0.1) is 52.1 Å². The molecular formula is C126H100N16O2. The first-order valence-electron chi connectivity index (χ1n) is 50.0. The molecule has 0 radical (unpaired) electrons. The van der Waals surface area contributed by atoms with Crippen molar-refractivity contribution in [3.05, 3.63) is 457 Å². The monoisotopic (exact) mass is 1870 g/mol. The molecule has 14 aromatic heterocycles. The first-order valence-corrected chi connectivity index (χ1v) is 50.0. The summed E-state index contributed by atoms with van der Waals surface area (Å²) in [6, 6.07) is 98.1. The Bertz CT molecular complexity index is 8400. The second kappa shape index (κ2) is 40.3. The van der Waals surface area contributed by atoms with Crippen LogP contribution in [0, 0.1) is 6.57 Å². The summed E-state index contributed by atoms with van der Waals surface area (Å²) in [6.45, 7) is 7.61. The molecule has 0 saturated carbocycles. The highest BCUT2D eigenvalue weighted by Gasteiger charge is 2.25. The molecule has 0 unspecified atom stereocenters. The van der Waals surface area contributed by atoms with Crippen LogP contribution in [-0.4, -0.2) is 80.0 Å². The van der Waals surface area contributed by atoms with Crippen LogP contribution in [0.2, 0.25) is 0 Å². The van der Waals surface area contributed by atoms with Crippen LogP contribution in [0.1, 0.15) is 105 Å². The average Bonchev–Trinajstić information content (AvgIpc) is 1.81. The SMILES string of the molecule is [C-]#[N+]c1cnc2ccc(-c3cccnc3-c3ccc4c(c3)CCC4)cn12.c1cnc(-c2ccc3c(c2)CCC3)c(-c2ccc3c(c2)OCO3)c1.c1cnc(-c2ccc3c(c2)CCC3)c(-c2ccc3nccn3c2)c1.c1cnc(-c2ccc3c(c2)CCC3)c(-c2ccc3ncnn3c2)c1.c1cnc(-c2ccc3c(c2)CCC3)c(-c2ccnc3ccccc23)c1.c1cnc(-c2ccc3c(c2)CCC3)c(-c2ccncc2)c1. The van der Waals surface area contributed by atoms with Crippen molar-refractivity contribution < 1.29 is 9.47 Å². The molecule has 696 valence electrons. The van der Waals surface area contributed by atoms with Crippen LogP contribution in [0.25, 0.3) is 167 Å². The van der Waals surface area contributed by atoms with E-state index in [1.165, 1.54) is 220 Å². The van der Waals surface area contributed by atoms with E-state index in [0.717, 1.165) is 136 Å². The van der Waals surface area contributed by atoms with Crippen molar-refractivity contribution in [1.82, 2.24) is 73.2 Å². The molecule has 29 rings (SSSR count). The highest BCUT2D eigenvalue weighted by molar-refractivity contribution is 5.98. The van der Waals surface area contributed by atoms with Gasteiger partial charge in [-0.25, -0.2) is 23.9 Å². The molecule has 22 aromatic rings. The summed E-state index contributed by atoms with van der Waals surface area (Å²) in [5, 5.41) is 5.41. The molecule has 0 fully saturated rings. The second-order valence-electron chi connectivity index (χ2n) is 37.6. The number of hydrogen-bond acceptors (Lipinski definition) is 14. The van der Waals surface area contributed by atoms with Gasteiger partial charge in [0.2, 0.25) is 12.4 Å². The van der Waals surface area contributed by atoms with Gasteiger partial charge < -0.3 is 18.7 Å². The Labute approximate surface area is 835 Å². The Hall–Kier alpha value is -17.7. The smallest absolute Gasteiger partial charge is 0.254 e. The molecule has 0 saturated heterocycles. The summed E-state index contributed by atoms with van der Waals surface area (Å²) < 4.78 is 16.6. The third-order valence-electron chi connectivity index (χ3n) is 28.9. The number of imidazole rings is 2. The summed E-state index contributed by atoms with van der Waals surface area (Å²) >= 11 is 0. The topological polar surface area (TPSA) is 191 Å². The lowest BCUT2D eigenvalue weighted by Gasteiger charge is -2.12. The number of benzene rings is 8. The van der Waals surface area contributed by atoms with E-state index in [2.05, 4.69) is 260 Å². The van der Waals surface area contributed by atoms with Gasteiger partial charge in [-0.15, -0.1) is 0 Å². The average molecular weight is 1870 g/mol. The van der Waals surface area contributed by atoms with E-state index in [-0.39, 0.29) is 0 Å². The van der Waals surface area contributed by atoms with Gasteiger partial charge in [-0.05, 0) is 339 Å². The van der Waals surface area contributed by atoms with Gasteiger partial charge in [0.25, 0.3) is 5.82 Å². The normalized spacial score (nSPS) is 13.4. The number of nitrogens with zero attached hydrogens (tertiary/aromatic N) is 16. The maximum absolute atomic E-state index is 7.32. The minimum absolute atomic E-state index is 0.295. The Morgan fingerprint density at radius 2 is 0.646 bits per heavy atom. The quantitative estimate of drug-likeness (QED) is 0.105. The molecule has 6 aliphatic carbocycles. The molecule has 7 aliphatic rings. The van der Waals surface area contributed by atoms with Crippen LogP contribution in [0.4, 0.5) is 5.82 Å². The highest BCUT2D eigenvalue weighted by atomic mass is 16.7. The maximum Gasteiger partial charge on any atom is 0.254 e. The fourth-order valence-electron chi connectivity index (χ4n) is 21.7. The van der Waals surface area contributed by atoms with Gasteiger partial charge in [-0.1, -0.05) is 140 Å². The van der Waals surface area contributed by atoms with Crippen molar-refractivity contribution in [2.24, 2.45) is 0 Å². The lowest BCUT2D eigenvalue weighted by Crippen LogP contribution is -1.93. The molecule has 15 heterocycles. The highest BCUT2D eigenvalue weighted by Crippen LogP contribution is 2.44. The van der Waals surface area contributed by atoms with Crippen LogP contribution >= 0.6 is 0 Å². The lowest BCUT2D eigenvalue weighted by atomic mass is 9.95. The van der Waals surface area contributed by atoms with Gasteiger partial charge in [0.1, 0.15) is 12.0 Å². The molecule has 144 heavy (non-hydrogen) atoms. The number of hydrogen-bond donors (Lipinski definition) is 0. The Morgan fingerprint density at radius 3 is 1.12 bits per heavy atom. The minimum atomic E-state index is 0.295. The van der Waals surface area contributed by atoms with E-state index in [9.17, 15) is 0 Å².